The van der Waals surface area contributed by atoms with E-state index >= 15 is 0 Å². The minimum atomic E-state index is 0.175. The molecule has 0 spiro atoms. The van der Waals surface area contributed by atoms with Gasteiger partial charge in [0.25, 0.3) is 0 Å². The lowest BCUT2D eigenvalue weighted by molar-refractivity contribution is -0.127. The summed E-state index contributed by atoms with van der Waals surface area (Å²) in [6, 6.07) is 0. The smallest absolute Gasteiger partial charge is 0.223 e. The second-order valence-electron chi connectivity index (χ2n) is 3.75. The van der Waals surface area contributed by atoms with Gasteiger partial charge in [-0.1, -0.05) is 22.9 Å². The zero-order valence-corrected chi connectivity index (χ0v) is 10.2. The topological polar surface area (TPSA) is 38.3 Å². The third kappa shape index (κ3) is 4.42. The zero-order valence-electron chi connectivity index (χ0n) is 8.59. The molecule has 1 heterocycles. The van der Waals surface area contributed by atoms with E-state index < -0.39 is 0 Å². The lowest BCUT2D eigenvalue weighted by atomic mass is 9.99. The first-order valence-electron chi connectivity index (χ1n) is 5.19. The van der Waals surface area contributed by atoms with Crippen LogP contribution < -0.4 is 5.32 Å². The van der Waals surface area contributed by atoms with Crippen LogP contribution in [0.5, 0.6) is 0 Å². The minimum Gasteiger partial charge on any atom is -0.381 e. The Morgan fingerprint density at radius 1 is 1.57 bits per heavy atom. The van der Waals surface area contributed by atoms with Crippen molar-refractivity contribution in [3.8, 4) is 0 Å². The average Bonchev–Trinajstić information content (AvgIpc) is 2.18. The summed E-state index contributed by atoms with van der Waals surface area (Å²) >= 11 is 3.45. The Bertz CT molecular complexity index is 179. The summed E-state index contributed by atoms with van der Waals surface area (Å²) in [5, 5.41) is 2.96. The van der Waals surface area contributed by atoms with E-state index in [1.165, 1.54) is 0 Å². The molecule has 1 N–H and O–H groups in total. The van der Waals surface area contributed by atoms with Gasteiger partial charge in [-0.2, -0.15) is 0 Å². The number of halogens is 1. The summed E-state index contributed by atoms with van der Waals surface area (Å²) in [5.74, 6) is 0.371. The zero-order chi connectivity index (χ0) is 10.4. The van der Waals surface area contributed by atoms with Crippen LogP contribution in [0, 0.1) is 5.92 Å². The van der Waals surface area contributed by atoms with Gasteiger partial charge in [-0.3, -0.25) is 4.79 Å². The van der Waals surface area contributed by atoms with Crippen LogP contribution in [-0.2, 0) is 9.53 Å². The Kier molecular flexibility index (Phi) is 5.48. The number of ether oxygens (including phenoxy) is 1. The highest BCUT2D eigenvalue weighted by Crippen LogP contribution is 2.14. The highest BCUT2D eigenvalue weighted by molar-refractivity contribution is 9.09. The van der Waals surface area contributed by atoms with Crippen molar-refractivity contribution in [2.45, 2.75) is 31.0 Å². The molecule has 1 amide bonds. The maximum Gasteiger partial charge on any atom is 0.223 e. The maximum absolute atomic E-state index is 11.6. The van der Waals surface area contributed by atoms with Crippen LogP contribution in [0.4, 0.5) is 0 Å². The molecule has 1 unspecified atom stereocenters. The van der Waals surface area contributed by atoms with Crippen molar-refractivity contribution in [3.05, 3.63) is 0 Å². The lowest BCUT2D eigenvalue weighted by Crippen LogP contribution is -2.35. The molecule has 14 heavy (non-hydrogen) atoms. The molecular formula is C10H18BrNO2. The molecule has 1 saturated heterocycles. The van der Waals surface area contributed by atoms with Crippen molar-refractivity contribution in [3.63, 3.8) is 0 Å². The number of carbonyl (C=O) groups excluding carboxylic acids is 1. The van der Waals surface area contributed by atoms with Crippen LogP contribution >= 0.6 is 15.9 Å². The number of rotatable bonds is 4. The summed E-state index contributed by atoms with van der Waals surface area (Å²) in [5.41, 5.74) is 0. The van der Waals surface area contributed by atoms with Gasteiger partial charge >= 0.3 is 0 Å². The summed E-state index contributed by atoms with van der Waals surface area (Å²) in [4.78, 5) is 12.1. The molecule has 1 fully saturated rings. The molecule has 4 heteroatoms. The predicted octanol–water partition coefficient (Wildman–Crippen LogP) is 1.70. The van der Waals surface area contributed by atoms with Gasteiger partial charge in [0.15, 0.2) is 0 Å². The molecule has 0 aromatic rings. The van der Waals surface area contributed by atoms with Gasteiger partial charge in [0.1, 0.15) is 0 Å². The van der Waals surface area contributed by atoms with Crippen LogP contribution in [0.3, 0.4) is 0 Å². The Hall–Kier alpha value is -0.0900. The van der Waals surface area contributed by atoms with Gasteiger partial charge in [-0.25, -0.2) is 0 Å². The first-order valence-corrected chi connectivity index (χ1v) is 6.11. The lowest BCUT2D eigenvalue weighted by Gasteiger charge is -2.21. The Morgan fingerprint density at radius 2 is 2.21 bits per heavy atom. The number of nitrogens with one attached hydrogen (secondary N) is 1. The largest absolute Gasteiger partial charge is 0.381 e. The van der Waals surface area contributed by atoms with Gasteiger partial charge in [-0.15, -0.1) is 0 Å². The second-order valence-corrected chi connectivity index (χ2v) is 5.31. The number of amides is 1. The van der Waals surface area contributed by atoms with Crippen molar-refractivity contribution in [2.24, 2.45) is 5.92 Å². The molecule has 0 aromatic carbocycles. The van der Waals surface area contributed by atoms with E-state index in [1.807, 2.05) is 0 Å². The monoisotopic (exact) mass is 263 g/mol. The van der Waals surface area contributed by atoms with Crippen LogP contribution in [0.25, 0.3) is 0 Å². The normalized spacial score (nSPS) is 20.4. The molecule has 0 saturated carbocycles. The maximum atomic E-state index is 11.6. The molecule has 1 atom stereocenters. The van der Waals surface area contributed by atoms with Crippen LogP contribution in [0.15, 0.2) is 0 Å². The first kappa shape index (κ1) is 12.0. The standard InChI is InChI=1S/C10H18BrNO2/c1-8(11)2-5-12-10(13)9-3-6-14-7-4-9/h8-9H,2-7H2,1H3,(H,12,13). The van der Waals surface area contributed by atoms with Crippen molar-refractivity contribution in [1.82, 2.24) is 5.32 Å². The number of hydrogen-bond donors (Lipinski definition) is 1. The molecule has 0 aliphatic carbocycles. The molecule has 1 rings (SSSR count). The van der Waals surface area contributed by atoms with E-state index in [1.54, 1.807) is 0 Å². The van der Waals surface area contributed by atoms with E-state index in [9.17, 15) is 4.79 Å². The third-order valence-electron chi connectivity index (χ3n) is 2.43. The van der Waals surface area contributed by atoms with Crippen molar-refractivity contribution in [1.29, 1.82) is 0 Å². The first-order chi connectivity index (χ1) is 6.70. The summed E-state index contributed by atoms with van der Waals surface area (Å²) in [6.45, 7) is 4.31. The molecular weight excluding hydrogens is 246 g/mol. The van der Waals surface area contributed by atoms with E-state index in [0.717, 1.165) is 39.0 Å². The molecule has 1 aliphatic heterocycles. The Balaban J connectivity index is 2.13. The molecule has 1 aliphatic rings. The van der Waals surface area contributed by atoms with Crippen molar-refractivity contribution in [2.75, 3.05) is 19.8 Å². The number of alkyl halides is 1. The number of hydrogen-bond acceptors (Lipinski definition) is 2. The second kappa shape index (κ2) is 6.40. The van der Waals surface area contributed by atoms with Gasteiger partial charge in [0, 0.05) is 30.5 Å². The fraction of sp³-hybridized carbons (Fsp3) is 0.900. The summed E-state index contributed by atoms with van der Waals surface area (Å²) in [6.07, 6.45) is 2.72. The van der Waals surface area contributed by atoms with Crippen LogP contribution in [-0.4, -0.2) is 30.5 Å². The molecule has 3 nitrogen and oxygen atoms in total. The number of carbonyl (C=O) groups is 1. The van der Waals surface area contributed by atoms with Gasteiger partial charge in [0.2, 0.25) is 5.91 Å². The van der Waals surface area contributed by atoms with Crippen molar-refractivity contribution >= 4 is 21.8 Å². The fourth-order valence-electron chi connectivity index (χ4n) is 1.50. The van der Waals surface area contributed by atoms with E-state index in [0.29, 0.717) is 4.83 Å². The Labute approximate surface area is 93.7 Å². The van der Waals surface area contributed by atoms with Gasteiger partial charge in [-0.05, 0) is 19.3 Å². The van der Waals surface area contributed by atoms with Crippen LogP contribution in [0.1, 0.15) is 26.2 Å². The Morgan fingerprint density at radius 3 is 2.79 bits per heavy atom. The molecule has 0 aromatic heterocycles. The molecule has 0 radical (unpaired) electrons. The predicted molar refractivity (Wildman–Crippen MR) is 59.6 cm³/mol. The quantitative estimate of drug-likeness (QED) is 0.785. The van der Waals surface area contributed by atoms with Crippen molar-refractivity contribution < 1.29 is 9.53 Å². The van der Waals surface area contributed by atoms with E-state index in [-0.39, 0.29) is 11.8 Å². The summed E-state index contributed by atoms with van der Waals surface area (Å²) < 4.78 is 5.21. The van der Waals surface area contributed by atoms with E-state index in [2.05, 4.69) is 28.2 Å². The average molecular weight is 264 g/mol. The molecule has 82 valence electrons. The van der Waals surface area contributed by atoms with Gasteiger partial charge in [0.05, 0.1) is 0 Å². The SMILES string of the molecule is CC(Br)CCNC(=O)C1CCOCC1. The highest BCUT2D eigenvalue weighted by atomic mass is 79.9. The highest BCUT2D eigenvalue weighted by Gasteiger charge is 2.20. The third-order valence-corrected chi connectivity index (χ3v) is 2.89. The summed E-state index contributed by atoms with van der Waals surface area (Å²) in [7, 11) is 0. The fourth-order valence-corrected chi connectivity index (χ4v) is 1.73. The minimum absolute atomic E-state index is 0.175. The van der Waals surface area contributed by atoms with E-state index in [4.69, 9.17) is 4.74 Å². The van der Waals surface area contributed by atoms with Gasteiger partial charge < -0.3 is 10.1 Å². The molecule has 0 bridgehead atoms. The van der Waals surface area contributed by atoms with Crippen LogP contribution in [0.2, 0.25) is 0 Å².